The highest BCUT2D eigenvalue weighted by Crippen LogP contribution is 2.19. The van der Waals surface area contributed by atoms with E-state index in [1.54, 1.807) is 30.3 Å². The standard InChI is InChI=1S/C10H8Br2O3/c11-7(8(12)10(14)15)9(13)6-4-2-1-3-5-6/h1-5,7-8H,(H,14,15). The highest BCUT2D eigenvalue weighted by molar-refractivity contribution is 9.12. The number of hydrogen-bond acceptors (Lipinski definition) is 2. The van der Waals surface area contributed by atoms with E-state index in [4.69, 9.17) is 5.11 Å². The second-order valence-corrected chi connectivity index (χ2v) is 4.85. The van der Waals surface area contributed by atoms with E-state index in [0.29, 0.717) is 5.56 Å². The largest absolute Gasteiger partial charge is 0.480 e. The number of alkyl halides is 2. The third kappa shape index (κ3) is 3.14. The van der Waals surface area contributed by atoms with Crippen LogP contribution in [-0.2, 0) is 4.79 Å². The van der Waals surface area contributed by atoms with Crippen molar-refractivity contribution in [2.24, 2.45) is 0 Å². The van der Waals surface area contributed by atoms with Crippen molar-refractivity contribution in [2.75, 3.05) is 0 Å². The van der Waals surface area contributed by atoms with E-state index < -0.39 is 15.6 Å². The van der Waals surface area contributed by atoms with Crippen molar-refractivity contribution in [2.45, 2.75) is 9.65 Å². The quantitative estimate of drug-likeness (QED) is 0.679. The molecule has 0 aliphatic rings. The Balaban J connectivity index is 2.82. The zero-order chi connectivity index (χ0) is 11.4. The molecule has 1 aromatic rings. The van der Waals surface area contributed by atoms with Crippen LogP contribution in [0.5, 0.6) is 0 Å². The van der Waals surface area contributed by atoms with Crippen LogP contribution in [-0.4, -0.2) is 26.5 Å². The predicted molar refractivity (Wildman–Crippen MR) is 63.8 cm³/mol. The second-order valence-electron chi connectivity index (χ2n) is 2.87. The Bertz CT molecular complexity index is 364. The van der Waals surface area contributed by atoms with Gasteiger partial charge in [0.25, 0.3) is 0 Å². The number of benzene rings is 1. The van der Waals surface area contributed by atoms with Gasteiger partial charge in [0.2, 0.25) is 0 Å². The van der Waals surface area contributed by atoms with Crippen LogP contribution >= 0.6 is 31.9 Å². The maximum atomic E-state index is 11.8. The Labute approximate surface area is 104 Å². The van der Waals surface area contributed by atoms with Gasteiger partial charge < -0.3 is 5.11 Å². The minimum Gasteiger partial charge on any atom is -0.480 e. The molecule has 5 heteroatoms. The van der Waals surface area contributed by atoms with E-state index in [1.807, 2.05) is 0 Å². The van der Waals surface area contributed by atoms with E-state index in [9.17, 15) is 9.59 Å². The second kappa shape index (κ2) is 5.42. The molecule has 0 aliphatic heterocycles. The van der Waals surface area contributed by atoms with Gasteiger partial charge in [-0.05, 0) is 0 Å². The van der Waals surface area contributed by atoms with Gasteiger partial charge >= 0.3 is 5.97 Å². The Morgan fingerprint density at radius 2 is 1.60 bits per heavy atom. The van der Waals surface area contributed by atoms with Gasteiger partial charge in [-0.2, -0.15) is 0 Å². The molecule has 0 saturated carbocycles. The van der Waals surface area contributed by atoms with E-state index in [1.165, 1.54) is 0 Å². The van der Waals surface area contributed by atoms with Crippen molar-refractivity contribution in [1.82, 2.24) is 0 Å². The van der Waals surface area contributed by atoms with Crippen LogP contribution in [0.1, 0.15) is 10.4 Å². The normalized spacial score (nSPS) is 14.3. The first kappa shape index (κ1) is 12.4. The number of Topliss-reactive ketones (excluding diaryl/α,β-unsaturated/α-hetero) is 1. The molecular weight excluding hydrogens is 328 g/mol. The molecule has 0 radical (unpaired) electrons. The first-order valence-electron chi connectivity index (χ1n) is 4.14. The van der Waals surface area contributed by atoms with Crippen LogP contribution in [0.4, 0.5) is 0 Å². The van der Waals surface area contributed by atoms with Gasteiger partial charge in [0.1, 0.15) is 9.65 Å². The molecule has 2 unspecified atom stereocenters. The molecule has 0 aliphatic carbocycles. The summed E-state index contributed by atoms with van der Waals surface area (Å²) in [6.07, 6.45) is 0. The van der Waals surface area contributed by atoms with Crippen molar-refractivity contribution in [3.63, 3.8) is 0 Å². The van der Waals surface area contributed by atoms with E-state index in [0.717, 1.165) is 0 Å². The average Bonchev–Trinajstić information content (AvgIpc) is 2.27. The molecule has 80 valence electrons. The van der Waals surface area contributed by atoms with Gasteiger partial charge in [0, 0.05) is 5.56 Å². The topological polar surface area (TPSA) is 54.4 Å². The highest BCUT2D eigenvalue weighted by Gasteiger charge is 2.29. The number of ketones is 1. The molecule has 0 aromatic heterocycles. The Morgan fingerprint density at radius 1 is 1.07 bits per heavy atom. The van der Waals surface area contributed by atoms with Gasteiger partial charge in [-0.3, -0.25) is 9.59 Å². The third-order valence-electron chi connectivity index (χ3n) is 1.80. The average molecular weight is 336 g/mol. The molecule has 0 amide bonds. The Kier molecular flexibility index (Phi) is 4.47. The van der Waals surface area contributed by atoms with Gasteiger partial charge in [-0.15, -0.1) is 0 Å². The first-order valence-corrected chi connectivity index (χ1v) is 5.97. The number of carbonyl (C=O) groups is 2. The fraction of sp³-hybridized carbons (Fsp3) is 0.200. The summed E-state index contributed by atoms with van der Waals surface area (Å²) in [5, 5.41) is 8.72. The third-order valence-corrected chi connectivity index (χ3v) is 4.38. The van der Waals surface area contributed by atoms with Gasteiger partial charge in [-0.25, -0.2) is 0 Å². The zero-order valence-electron chi connectivity index (χ0n) is 7.56. The molecular formula is C10H8Br2O3. The number of carboxylic acids is 1. The van der Waals surface area contributed by atoms with Gasteiger partial charge in [0.05, 0.1) is 0 Å². The minimum atomic E-state index is -1.07. The maximum Gasteiger partial charge on any atom is 0.318 e. The number of halogens is 2. The lowest BCUT2D eigenvalue weighted by atomic mass is 10.1. The molecule has 0 saturated heterocycles. The van der Waals surface area contributed by atoms with Crippen LogP contribution in [0.15, 0.2) is 30.3 Å². The fourth-order valence-electron chi connectivity index (χ4n) is 1.02. The Morgan fingerprint density at radius 3 is 2.07 bits per heavy atom. The van der Waals surface area contributed by atoms with Crippen molar-refractivity contribution >= 4 is 43.6 Å². The van der Waals surface area contributed by atoms with E-state index >= 15 is 0 Å². The lowest BCUT2D eigenvalue weighted by molar-refractivity contribution is -0.136. The molecule has 1 N–H and O–H groups in total. The lowest BCUT2D eigenvalue weighted by Gasteiger charge is -2.11. The fourth-order valence-corrected chi connectivity index (χ4v) is 1.75. The summed E-state index contributed by atoms with van der Waals surface area (Å²) in [4.78, 5) is 20.7. The summed E-state index contributed by atoms with van der Waals surface area (Å²) < 4.78 is 0. The van der Waals surface area contributed by atoms with Crippen LogP contribution in [0, 0.1) is 0 Å². The zero-order valence-corrected chi connectivity index (χ0v) is 10.7. The monoisotopic (exact) mass is 334 g/mol. The summed E-state index contributed by atoms with van der Waals surface area (Å²) in [7, 11) is 0. The summed E-state index contributed by atoms with van der Waals surface area (Å²) in [6.45, 7) is 0. The molecule has 1 aromatic carbocycles. The van der Waals surface area contributed by atoms with Crippen molar-refractivity contribution < 1.29 is 14.7 Å². The van der Waals surface area contributed by atoms with Crippen molar-refractivity contribution in [3.8, 4) is 0 Å². The van der Waals surface area contributed by atoms with Gasteiger partial charge in [0.15, 0.2) is 5.78 Å². The lowest BCUT2D eigenvalue weighted by Crippen LogP contribution is -2.30. The molecule has 0 bridgehead atoms. The molecule has 0 spiro atoms. The van der Waals surface area contributed by atoms with Gasteiger partial charge in [-0.1, -0.05) is 62.2 Å². The predicted octanol–water partition coefficient (Wildman–Crippen LogP) is 2.48. The number of aliphatic carboxylic acids is 1. The number of carbonyl (C=O) groups excluding carboxylic acids is 1. The van der Waals surface area contributed by atoms with Crippen LogP contribution < -0.4 is 0 Å². The summed E-state index contributed by atoms with van der Waals surface area (Å²) in [5.41, 5.74) is 0.491. The molecule has 1 rings (SSSR count). The summed E-state index contributed by atoms with van der Waals surface area (Å²) in [5.74, 6) is -1.32. The SMILES string of the molecule is O=C(O)C(Br)C(Br)C(=O)c1ccccc1. The number of carboxylic acid groups (broad SMARTS) is 1. The molecule has 0 fully saturated rings. The number of hydrogen-bond donors (Lipinski definition) is 1. The number of rotatable bonds is 4. The summed E-state index contributed by atoms with van der Waals surface area (Å²) in [6, 6.07) is 8.56. The smallest absolute Gasteiger partial charge is 0.318 e. The maximum absolute atomic E-state index is 11.8. The summed E-state index contributed by atoms with van der Waals surface area (Å²) >= 11 is 6.01. The van der Waals surface area contributed by atoms with E-state index in [-0.39, 0.29) is 5.78 Å². The first-order chi connectivity index (χ1) is 7.04. The van der Waals surface area contributed by atoms with Crippen LogP contribution in [0.25, 0.3) is 0 Å². The highest BCUT2D eigenvalue weighted by atomic mass is 79.9. The van der Waals surface area contributed by atoms with E-state index in [2.05, 4.69) is 31.9 Å². The Hall–Kier alpha value is -0.680. The molecule has 15 heavy (non-hydrogen) atoms. The molecule has 2 atom stereocenters. The van der Waals surface area contributed by atoms with Crippen LogP contribution in [0.2, 0.25) is 0 Å². The van der Waals surface area contributed by atoms with Crippen molar-refractivity contribution in [1.29, 1.82) is 0 Å². The molecule has 0 heterocycles. The molecule has 3 nitrogen and oxygen atoms in total. The minimum absolute atomic E-state index is 0.250. The van der Waals surface area contributed by atoms with Crippen LogP contribution in [0.3, 0.4) is 0 Å². The van der Waals surface area contributed by atoms with Crippen molar-refractivity contribution in [3.05, 3.63) is 35.9 Å².